The quantitative estimate of drug-likeness (QED) is 0.746. The molecule has 3 rings (SSSR count). The Balaban J connectivity index is 2.07. The van der Waals surface area contributed by atoms with Gasteiger partial charge in [0.15, 0.2) is 5.17 Å². The van der Waals surface area contributed by atoms with Crippen molar-refractivity contribution < 1.29 is 14.3 Å². The molecule has 1 saturated heterocycles. The van der Waals surface area contributed by atoms with Crippen LogP contribution in [0.5, 0.6) is 0 Å². The lowest BCUT2D eigenvalue weighted by molar-refractivity contribution is -0.141. The van der Waals surface area contributed by atoms with Crippen LogP contribution in [0.25, 0.3) is 0 Å². The Morgan fingerprint density at radius 1 is 1.40 bits per heavy atom. The van der Waals surface area contributed by atoms with E-state index in [0.717, 1.165) is 10.4 Å². The molecule has 2 aliphatic rings. The van der Waals surface area contributed by atoms with Gasteiger partial charge in [0, 0.05) is 4.88 Å². The Morgan fingerprint density at radius 2 is 2.12 bits per heavy atom. The number of fused-ring (bicyclic) bond motifs is 1. The maximum absolute atomic E-state index is 12.8. The van der Waals surface area contributed by atoms with E-state index in [9.17, 15) is 9.59 Å². The number of hydrogen-bond donors (Lipinski definition) is 0. The van der Waals surface area contributed by atoms with Crippen molar-refractivity contribution >= 4 is 40.1 Å². The molecule has 134 valence electrons. The summed E-state index contributed by atoms with van der Waals surface area (Å²) in [4.78, 5) is 32.8. The number of rotatable bonds is 4. The molecule has 2 atom stereocenters. The van der Waals surface area contributed by atoms with Gasteiger partial charge >= 0.3 is 5.97 Å². The second-order valence-electron chi connectivity index (χ2n) is 6.72. The van der Waals surface area contributed by atoms with Crippen LogP contribution in [0, 0.1) is 12.8 Å². The van der Waals surface area contributed by atoms with Crippen LogP contribution in [-0.4, -0.2) is 33.8 Å². The molecule has 1 amide bonds. The van der Waals surface area contributed by atoms with Crippen LogP contribution >= 0.6 is 23.1 Å². The number of thiophene rings is 1. The Kier molecular flexibility index (Phi) is 5.06. The summed E-state index contributed by atoms with van der Waals surface area (Å²) >= 11 is 3.00. The van der Waals surface area contributed by atoms with Gasteiger partial charge in [-0.1, -0.05) is 25.6 Å². The normalized spacial score (nSPS) is 23.2. The van der Waals surface area contributed by atoms with Crippen molar-refractivity contribution in [1.82, 2.24) is 4.90 Å². The van der Waals surface area contributed by atoms with Crippen molar-refractivity contribution in [2.75, 3.05) is 6.61 Å². The number of nitrogens with zero attached hydrogens (tertiary/aromatic N) is 2. The molecule has 25 heavy (non-hydrogen) atoms. The first kappa shape index (κ1) is 18.2. The summed E-state index contributed by atoms with van der Waals surface area (Å²) in [5.74, 6) is -0.147. The maximum Gasteiger partial charge on any atom is 0.338 e. The second kappa shape index (κ2) is 6.96. The van der Waals surface area contributed by atoms with E-state index in [2.05, 4.69) is 4.99 Å². The van der Waals surface area contributed by atoms with E-state index in [1.54, 1.807) is 16.2 Å². The summed E-state index contributed by atoms with van der Waals surface area (Å²) in [6.45, 7) is 10.0. The van der Waals surface area contributed by atoms with Gasteiger partial charge in [-0.3, -0.25) is 9.69 Å². The number of ether oxygens (including phenoxy) is 1. The summed E-state index contributed by atoms with van der Waals surface area (Å²) < 4.78 is 5.49. The van der Waals surface area contributed by atoms with E-state index >= 15 is 0 Å². The molecule has 0 radical (unpaired) electrons. The molecule has 5 nitrogen and oxygen atoms in total. The number of esters is 1. The zero-order valence-electron chi connectivity index (χ0n) is 15.0. The fourth-order valence-corrected chi connectivity index (χ4v) is 4.95. The van der Waals surface area contributed by atoms with Crippen LogP contribution in [0.4, 0.5) is 0 Å². The average molecular weight is 379 g/mol. The number of amides is 1. The van der Waals surface area contributed by atoms with Crippen LogP contribution in [0.2, 0.25) is 0 Å². The summed E-state index contributed by atoms with van der Waals surface area (Å²) in [5, 5.41) is 2.47. The van der Waals surface area contributed by atoms with E-state index in [1.165, 1.54) is 11.8 Å². The number of carbonyl (C=O) groups is 2. The van der Waals surface area contributed by atoms with Crippen LogP contribution in [0.15, 0.2) is 27.7 Å². The molecule has 0 bridgehead atoms. The SMILES string of the molecule is CC1=C(C(=O)OCC(C)C)C(c2sccc2C)N2C(=O)C(C)SC2=N1. The van der Waals surface area contributed by atoms with E-state index in [1.807, 2.05) is 46.1 Å². The van der Waals surface area contributed by atoms with Crippen LogP contribution in [0.3, 0.4) is 0 Å². The second-order valence-corrected chi connectivity index (χ2v) is 8.98. The van der Waals surface area contributed by atoms with Gasteiger partial charge in [0.25, 0.3) is 0 Å². The van der Waals surface area contributed by atoms with E-state index in [0.29, 0.717) is 23.0 Å². The first-order valence-electron chi connectivity index (χ1n) is 8.31. The molecule has 0 N–H and O–H groups in total. The third-order valence-corrected chi connectivity index (χ3v) is 6.30. The number of carbonyl (C=O) groups excluding carboxylic acids is 2. The first-order valence-corrected chi connectivity index (χ1v) is 10.1. The number of hydrogen-bond acceptors (Lipinski definition) is 6. The van der Waals surface area contributed by atoms with Gasteiger partial charge in [0.2, 0.25) is 5.91 Å². The van der Waals surface area contributed by atoms with Gasteiger partial charge in [0.05, 0.1) is 23.1 Å². The van der Waals surface area contributed by atoms with Gasteiger partial charge in [-0.05, 0) is 43.7 Å². The smallest absolute Gasteiger partial charge is 0.338 e. The molecule has 1 aromatic heterocycles. The molecular weight excluding hydrogens is 356 g/mol. The predicted molar refractivity (Wildman–Crippen MR) is 102 cm³/mol. The topological polar surface area (TPSA) is 59.0 Å². The zero-order valence-corrected chi connectivity index (χ0v) is 16.7. The Bertz CT molecular complexity index is 779. The molecule has 0 aliphatic carbocycles. The van der Waals surface area contributed by atoms with E-state index < -0.39 is 6.04 Å². The van der Waals surface area contributed by atoms with Gasteiger partial charge < -0.3 is 4.74 Å². The average Bonchev–Trinajstić information content (AvgIpc) is 3.08. The summed E-state index contributed by atoms with van der Waals surface area (Å²) in [7, 11) is 0. The van der Waals surface area contributed by atoms with Crippen molar-refractivity contribution in [3.8, 4) is 0 Å². The van der Waals surface area contributed by atoms with Gasteiger partial charge in [0.1, 0.15) is 6.04 Å². The number of allylic oxidation sites excluding steroid dienone is 1. The molecule has 0 spiro atoms. The summed E-state index contributed by atoms with van der Waals surface area (Å²) in [6, 6.07) is 1.56. The molecule has 7 heteroatoms. The molecule has 1 aromatic rings. The molecule has 2 aliphatic heterocycles. The minimum atomic E-state index is -0.447. The minimum absolute atomic E-state index is 0.0109. The molecule has 3 heterocycles. The van der Waals surface area contributed by atoms with Crippen molar-refractivity contribution in [2.45, 2.75) is 45.9 Å². The standard InChI is InChI=1S/C18H22N2O3S2/c1-9(2)8-23-17(22)13-11(4)19-18-20(16(21)12(5)25-18)14(13)15-10(3)6-7-24-15/h6-7,9,12,14H,8H2,1-5H3. The van der Waals surface area contributed by atoms with Crippen molar-refractivity contribution in [3.05, 3.63) is 33.2 Å². The van der Waals surface area contributed by atoms with Crippen LogP contribution < -0.4 is 0 Å². The highest BCUT2D eigenvalue weighted by Crippen LogP contribution is 2.45. The van der Waals surface area contributed by atoms with Crippen molar-refractivity contribution in [1.29, 1.82) is 0 Å². The third-order valence-electron chi connectivity index (χ3n) is 4.18. The molecular formula is C18H22N2O3S2. The van der Waals surface area contributed by atoms with Crippen LogP contribution in [0.1, 0.15) is 44.2 Å². The third kappa shape index (κ3) is 3.27. The molecule has 2 unspecified atom stereocenters. The monoisotopic (exact) mass is 378 g/mol. The maximum atomic E-state index is 12.8. The van der Waals surface area contributed by atoms with Crippen molar-refractivity contribution in [3.63, 3.8) is 0 Å². The number of aliphatic imine (C=N–C) groups is 1. The van der Waals surface area contributed by atoms with Crippen molar-refractivity contribution in [2.24, 2.45) is 10.9 Å². The minimum Gasteiger partial charge on any atom is -0.462 e. The zero-order chi connectivity index (χ0) is 18.3. The fourth-order valence-electron chi connectivity index (χ4n) is 2.90. The fraction of sp³-hybridized carbons (Fsp3) is 0.500. The number of amidine groups is 1. The molecule has 1 fully saturated rings. The Hall–Kier alpha value is -1.60. The number of thioether (sulfide) groups is 1. The number of aryl methyl sites for hydroxylation is 1. The lowest BCUT2D eigenvalue weighted by Crippen LogP contribution is -2.40. The van der Waals surface area contributed by atoms with Gasteiger partial charge in [-0.15, -0.1) is 11.3 Å². The first-order chi connectivity index (χ1) is 11.8. The highest BCUT2D eigenvalue weighted by Gasteiger charge is 2.47. The Labute approximate surface area is 156 Å². The summed E-state index contributed by atoms with van der Waals surface area (Å²) in [6.07, 6.45) is 0. The van der Waals surface area contributed by atoms with E-state index in [-0.39, 0.29) is 23.0 Å². The lowest BCUT2D eigenvalue weighted by Gasteiger charge is -2.32. The van der Waals surface area contributed by atoms with Gasteiger partial charge in [-0.25, -0.2) is 9.79 Å². The summed E-state index contributed by atoms with van der Waals surface area (Å²) in [5.41, 5.74) is 2.17. The van der Waals surface area contributed by atoms with Gasteiger partial charge in [-0.2, -0.15) is 0 Å². The predicted octanol–water partition coefficient (Wildman–Crippen LogP) is 3.90. The lowest BCUT2D eigenvalue weighted by atomic mass is 9.98. The van der Waals surface area contributed by atoms with Crippen LogP contribution in [-0.2, 0) is 14.3 Å². The molecule has 0 saturated carbocycles. The van der Waals surface area contributed by atoms with E-state index in [4.69, 9.17) is 4.74 Å². The molecule has 0 aromatic carbocycles. The Morgan fingerprint density at radius 3 is 2.72 bits per heavy atom. The highest BCUT2D eigenvalue weighted by molar-refractivity contribution is 8.15. The largest absolute Gasteiger partial charge is 0.462 e. The highest BCUT2D eigenvalue weighted by atomic mass is 32.2.